The van der Waals surface area contributed by atoms with E-state index in [2.05, 4.69) is 6.92 Å². The van der Waals surface area contributed by atoms with Gasteiger partial charge >= 0.3 is 57.6 Å². The zero-order valence-corrected chi connectivity index (χ0v) is 9.29. The minimum Gasteiger partial charge on any atom is -0.343 e. The first kappa shape index (κ1) is 14.0. The molecular weight excluding hydrogens is 168 g/mol. The van der Waals surface area contributed by atoms with E-state index in [9.17, 15) is 13.2 Å². The molecule has 0 fully saturated rings. The fourth-order valence-electron chi connectivity index (χ4n) is 0.502. The summed E-state index contributed by atoms with van der Waals surface area (Å²) in [5.74, 6) is 0. The van der Waals surface area contributed by atoms with Crippen LogP contribution in [-0.2, 0) is 0 Å². The second-order valence-electron chi connectivity index (χ2n) is 1.93. The molecule has 0 aromatic rings. The summed E-state index contributed by atoms with van der Waals surface area (Å²) in [7, 11) is 0. The SMILES string of the molecule is [CH2-]CCCCC(F)(F)F.[K+]. The standard InChI is InChI=1S/C6H10F3.K/c1-2-3-4-5-6(7,8)9;/h1-5H2;/q-1;+1. The summed E-state index contributed by atoms with van der Waals surface area (Å²) in [6.45, 7) is 3.44. The fraction of sp³-hybridized carbons (Fsp3) is 0.833. The van der Waals surface area contributed by atoms with Crippen molar-refractivity contribution in [1.29, 1.82) is 0 Å². The van der Waals surface area contributed by atoms with Crippen molar-refractivity contribution in [2.75, 3.05) is 0 Å². The average molecular weight is 178 g/mol. The van der Waals surface area contributed by atoms with E-state index in [-0.39, 0.29) is 57.8 Å². The number of hydrogen-bond donors (Lipinski definition) is 0. The van der Waals surface area contributed by atoms with Crippen LogP contribution in [0.4, 0.5) is 13.2 Å². The van der Waals surface area contributed by atoms with Gasteiger partial charge in [0.25, 0.3) is 0 Å². The van der Waals surface area contributed by atoms with E-state index in [1.807, 2.05) is 0 Å². The summed E-state index contributed by atoms with van der Waals surface area (Å²) in [6, 6.07) is 0. The molecule has 56 valence electrons. The van der Waals surface area contributed by atoms with Gasteiger partial charge in [-0.2, -0.15) is 19.6 Å². The normalized spacial score (nSPS) is 10.8. The molecule has 0 bridgehead atoms. The molecule has 0 atom stereocenters. The van der Waals surface area contributed by atoms with Gasteiger partial charge in [-0.05, 0) is 6.42 Å². The molecule has 0 aliphatic rings. The van der Waals surface area contributed by atoms with E-state index >= 15 is 0 Å². The van der Waals surface area contributed by atoms with Crippen LogP contribution in [0.1, 0.15) is 25.7 Å². The van der Waals surface area contributed by atoms with Crippen LogP contribution in [0, 0.1) is 6.92 Å². The van der Waals surface area contributed by atoms with Crippen molar-refractivity contribution in [3.8, 4) is 0 Å². The summed E-state index contributed by atoms with van der Waals surface area (Å²) in [4.78, 5) is 0. The van der Waals surface area contributed by atoms with Gasteiger partial charge in [-0.15, -0.1) is 0 Å². The Balaban J connectivity index is 0. The third-order valence-corrected chi connectivity index (χ3v) is 0.960. The first-order valence-corrected chi connectivity index (χ1v) is 2.92. The molecule has 0 spiro atoms. The van der Waals surface area contributed by atoms with Crippen LogP contribution < -0.4 is 51.4 Å². The van der Waals surface area contributed by atoms with Crippen molar-refractivity contribution in [2.45, 2.75) is 31.9 Å². The second kappa shape index (κ2) is 7.10. The Kier molecular flexibility index (Phi) is 9.92. The number of unbranched alkanes of at least 4 members (excludes halogenated alkanes) is 2. The largest absolute Gasteiger partial charge is 1.00 e. The Morgan fingerprint density at radius 3 is 1.90 bits per heavy atom. The van der Waals surface area contributed by atoms with Crippen molar-refractivity contribution in [1.82, 2.24) is 0 Å². The van der Waals surface area contributed by atoms with E-state index in [1.165, 1.54) is 0 Å². The van der Waals surface area contributed by atoms with Crippen LogP contribution in [0.25, 0.3) is 0 Å². The molecule has 0 aliphatic heterocycles. The molecule has 0 aromatic carbocycles. The van der Waals surface area contributed by atoms with Crippen molar-refractivity contribution >= 4 is 0 Å². The molecule has 0 heterocycles. The Bertz CT molecular complexity index is 69.9. The number of hydrogen-bond acceptors (Lipinski definition) is 0. The Hall–Kier alpha value is 1.43. The minimum absolute atomic E-state index is 0. The van der Waals surface area contributed by atoms with Crippen molar-refractivity contribution < 1.29 is 64.6 Å². The maximum absolute atomic E-state index is 11.4. The molecular formula is C6H10F3K. The van der Waals surface area contributed by atoms with Gasteiger partial charge in [-0.25, -0.2) is 0 Å². The maximum atomic E-state index is 11.4. The van der Waals surface area contributed by atoms with Crippen LogP contribution in [0.15, 0.2) is 0 Å². The average Bonchev–Trinajstić information content (AvgIpc) is 1.63. The Morgan fingerprint density at radius 1 is 1.10 bits per heavy atom. The molecule has 0 amide bonds. The van der Waals surface area contributed by atoms with E-state index in [1.54, 1.807) is 0 Å². The monoisotopic (exact) mass is 178 g/mol. The summed E-state index contributed by atoms with van der Waals surface area (Å²) in [5, 5.41) is 0. The van der Waals surface area contributed by atoms with Gasteiger partial charge in [0.05, 0.1) is 0 Å². The Labute approximate surface area is 102 Å². The van der Waals surface area contributed by atoms with E-state index < -0.39 is 12.6 Å². The first-order valence-electron chi connectivity index (χ1n) is 2.92. The fourth-order valence-corrected chi connectivity index (χ4v) is 0.502. The number of rotatable bonds is 3. The number of alkyl halides is 3. The van der Waals surface area contributed by atoms with Crippen molar-refractivity contribution in [3.63, 3.8) is 0 Å². The van der Waals surface area contributed by atoms with Gasteiger partial charge in [0, 0.05) is 6.42 Å². The van der Waals surface area contributed by atoms with Gasteiger partial charge in [-0.3, -0.25) is 0 Å². The van der Waals surface area contributed by atoms with Gasteiger partial charge in [-0.1, -0.05) is 6.42 Å². The van der Waals surface area contributed by atoms with Gasteiger partial charge in [0.1, 0.15) is 0 Å². The van der Waals surface area contributed by atoms with Crippen LogP contribution >= 0.6 is 0 Å². The predicted octanol–water partition coefficient (Wildman–Crippen LogP) is -0.0528. The minimum atomic E-state index is -3.98. The number of halogens is 3. The van der Waals surface area contributed by atoms with Crippen molar-refractivity contribution in [3.05, 3.63) is 6.92 Å². The molecule has 0 unspecified atom stereocenters. The van der Waals surface area contributed by atoms with Crippen LogP contribution in [0.3, 0.4) is 0 Å². The van der Waals surface area contributed by atoms with Crippen LogP contribution in [0.5, 0.6) is 0 Å². The van der Waals surface area contributed by atoms with E-state index in [0.29, 0.717) is 12.8 Å². The molecule has 4 heteroatoms. The molecule has 0 aromatic heterocycles. The van der Waals surface area contributed by atoms with E-state index in [0.717, 1.165) is 0 Å². The molecule has 0 aliphatic carbocycles. The molecule has 0 radical (unpaired) electrons. The van der Waals surface area contributed by atoms with Crippen LogP contribution in [-0.4, -0.2) is 6.18 Å². The summed E-state index contributed by atoms with van der Waals surface area (Å²) in [6.07, 6.45) is -3.26. The summed E-state index contributed by atoms with van der Waals surface area (Å²) >= 11 is 0. The molecule has 10 heavy (non-hydrogen) atoms. The Morgan fingerprint density at radius 2 is 1.60 bits per heavy atom. The summed E-state index contributed by atoms with van der Waals surface area (Å²) < 4.78 is 34.1. The quantitative estimate of drug-likeness (QED) is 0.323. The topological polar surface area (TPSA) is 0 Å². The maximum Gasteiger partial charge on any atom is 1.00 e. The van der Waals surface area contributed by atoms with Gasteiger partial charge < -0.3 is 6.92 Å². The third-order valence-electron chi connectivity index (χ3n) is 0.960. The smallest absolute Gasteiger partial charge is 0.343 e. The molecule has 0 saturated carbocycles. The zero-order chi connectivity index (χ0) is 7.33. The zero-order valence-electron chi connectivity index (χ0n) is 6.17. The molecule has 0 N–H and O–H groups in total. The molecule has 0 saturated heterocycles. The van der Waals surface area contributed by atoms with Crippen molar-refractivity contribution in [2.24, 2.45) is 0 Å². The molecule has 0 nitrogen and oxygen atoms in total. The first-order chi connectivity index (χ1) is 4.06. The molecule has 0 rings (SSSR count). The predicted molar refractivity (Wildman–Crippen MR) is 29.9 cm³/mol. The van der Waals surface area contributed by atoms with Crippen LogP contribution in [0.2, 0.25) is 0 Å². The van der Waals surface area contributed by atoms with E-state index in [4.69, 9.17) is 0 Å². The van der Waals surface area contributed by atoms with Gasteiger partial charge in [0.2, 0.25) is 0 Å². The summed E-state index contributed by atoms with van der Waals surface area (Å²) in [5.41, 5.74) is 0. The van der Waals surface area contributed by atoms with Gasteiger partial charge in [0.15, 0.2) is 0 Å². The second-order valence-corrected chi connectivity index (χ2v) is 1.93. The third kappa shape index (κ3) is 12.1.